The highest BCUT2D eigenvalue weighted by Crippen LogP contribution is 2.28. The molecule has 0 saturated carbocycles. The smallest absolute Gasteiger partial charge is 0.259 e. The first-order valence-corrected chi connectivity index (χ1v) is 10.3. The molecular formula is C21H26N6O3. The van der Waals surface area contributed by atoms with Gasteiger partial charge in [0, 0.05) is 62.5 Å². The molecule has 1 amide bonds. The fraction of sp³-hybridized carbons (Fsp3) is 0.476. The van der Waals surface area contributed by atoms with Crippen LogP contribution in [0.4, 0.5) is 0 Å². The predicted molar refractivity (Wildman–Crippen MR) is 110 cm³/mol. The van der Waals surface area contributed by atoms with Gasteiger partial charge in [-0.25, -0.2) is 4.98 Å². The summed E-state index contributed by atoms with van der Waals surface area (Å²) in [5.41, 5.74) is 0.505. The van der Waals surface area contributed by atoms with Crippen LogP contribution < -0.4 is 5.56 Å². The summed E-state index contributed by atoms with van der Waals surface area (Å²) in [6, 6.07) is 3.08. The Morgan fingerprint density at radius 3 is 2.80 bits per heavy atom. The number of H-pyrrole nitrogens is 1. The number of carbonyl (C=O) groups is 1. The lowest BCUT2D eigenvalue weighted by atomic mass is 9.96. The van der Waals surface area contributed by atoms with E-state index in [1.54, 1.807) is 18.5 Å². The largest absolute Gasteiger partial charge is 0.343 e. The zero-order chi connectivity index (χ0) is 21.1. The zero-order valence-electron chi connectivity index (χ0n) is 17.2. The Bertz CT molecular complexity index is 1040. The average molecular weight is 410 g/mol. The molecule has 158 valence electrons. The van der Waals surface area contributed by atoms with Crippen molar-refractivity contribution in [2.45, 2.75) is 51.5 Å². The van der Waals surface area contributed by atoms with Crippen LogP contribution in [0.15, 0.2) is 40.0 Å². The molecule has 3 aromatic rings. The van der Waals surface area contributed by atoms with Crippen molar-refractivity contribution in [3.05, 3.63) is 52.7 Å². The quantitative estimate of drug-likeness (QED) is 0.669. The third-order valence-corrected chi connectivity index (χ3v) is 5.52. The van der Waals surface area contributed by atoms with E-state index in [1.165, 1.54) is 6.07 Å². The summed E-state index contributed by atoms with van der Waals surface area (Å²) in [5.74, 6) is 2.72. The van der Waals surface area contributed by atoms with E-state index in [1.807, 2.05) is 11.1 Å². The average Bonchev–Trinajstić information content (AvgIpc) is 3.42. The van der Waals surface area contributed by atoms with Crippen LogP contribution in [0.1, 0.15) is 56.6 Å². The maximum absolute atomic E-state index is 12.6. The highest BCUT2D eigenvalue weighted by Gasteiger charge is 2.27. The number of aromatic nitrogens is 5. The van der Waals surface area contributed by atoms with E-state index >= 15 is 0 Å². The van der Waals surface area contributed by atoms with Crippen LogP contribution in [0.3, 0.4) is 0 Å². The number of aryl methyl sites for hydroxylation is 1. The normalized spacial score (nSPS) is 15.1. The molecule has 0 atom stereocenters. The van der Waals surface area contributed by atoms with Crippen molar-refractivity contribution in [1.29, 1.82) is 0 Å². The van der Waals surface area contributed by atoms with Crippen LogP contribution in [0, 0.1) is 0 Å². The molecule has 1 fully saturated rings. The first-order chi connectivity index (χ1) is 14.5. The van der Waals surface area contributed by atoms with Gasteiger partial charge in [0.15, 0.2) is 5.82 Å². The van der Waals surface area contributed by atoms with Gasteiger partial charge in [0.05, 0.1) is 5.56 Å². The molecule has 1 aliphatic rings. The molecule has 4 rings (SSSR count). The highest BCUT2D eigenvalue weighted by molar-refractivity contribution is 5.76. The Hall–Kier alpha value is -3.23. The fourth-order valence-corrected chi connectivity index (χ4v) is 3.83. The van der Waals surface area contributed by atoms with Gasteiger partial charge in [-0.2, -0.15) is 4.98 Å². The van der Waals surface area contributed by atoms with Crippen molar-refractivity contribution in [2.75, 3.05) is 13.1 Å². The van der Waals surface area contributed by atoms with Crippen molar-refractivity contribution in [3.63, 3.8) is 0 Å². The number of piperidine rings is 1. The molecule has 1 aliphatic heterocycles. The number of likely N-dealkylation sites (tertiary alicyclic amines) is 1. The van der Waals surface area contributed by atoms with Crippen LogP contribution in [-0.2, 0) is 11.3 Å². The number of nitrogens with zero attached hydrogens (tertiary/aromatic N) is 5. The van der Waals surface area contributed by atoms with Gasteiger partial charge in [-0.3, -0.25) is 9.59 Å². The summed E-state index contributed by atoms with van der Waals surface area (Å²) in [7, 11) is 0. The van der Waals surface area contributed by atoms with Crippen molar-refractivity contribution < 1.29 is 9.32 Å². The Balaban J connectivity index is 1.30. The fourth-order valence-electron chi connectivity index (χ4n) is 3.83. The molecule has 0 aromatic carbocycles. The minimum absolute atomic E-state index is 0.163. The second-order valence-electron chi connectivity index (χ2n) is 7.94. The Morgan fingerprint density at radius 1 is 1.30 bits per heavy atom. The molecule has 30 heavy (non-hydrogen) atoms. The maximum Gasteiger partial charge on any atom is 0.259 e. The molecule has 1 N–H and O–H groups in total. The van der Waals surface area contributed by atoms with E-state index in [2.05, 4.69) is 38.5 Å². The summed E-state index contributed by atoms with van der Waals surface area (Å²) < 4.78 is 7.42. The molecule has 0 unspecified atom stereocenters. The molecule has 0 aliphatic carbocycles. The van der Waals surface area contributed by atoms with Crippen molar-refractivity contribution in [3.8, 4) is 11.5 Å². The number of hydrogen-bond acceptors (Lipinski definition) is 6. The molecule has 9 nitrogen and oxygen atoms in total. The standard InChI is InChI=1S/C21H26N6O3/c1-14(2)20-22-8-12-27(20)11-7-18(29)26-9-5-15(6-10-26)19-24-21(30-25-19)16-3-4-17(28)23-13-16/h3-4,8,12-15H,5-7,9-11H2,1-2H3,(H,23,28). The van der Waals surface area contributed by atoms with Gasteiger partial charge in [-0.1, -0.05) is 19.0 Å². The Labute approximate surface area is 174 Å². The van der Waals surface area contributed by atoms with Crippen molar-refractivity contribution in [1.82, 2.24) is 29.6 Å². The number of hydrogen-bond donors (Lipinski definition) is 1. The lowest BCUT2D eigenvalue weighted by Gasteiger charge is -2.30. The molecule has 0 spiro atoms. The van der Waals surface area contributed by atoms with Crippen LogP contribution in [0.2, 0.25) is 0 Å². The summed E-state index contributed by atoms with van der Waals surface area (Å²) >= 11 is 0. The second kappa shape index (κ2) is 8.64. The number of aromatic amines is 1. The van der Waals surface area contributed by atoms with Gasteiger partial charge < -0.3 is 19.0 Å². The number of pyridine rings is 1. The zero-order valence-corrected chi connectivity index (χ0v) is 17.2. The Kier molecular flexibility index (Phi) is 5.78. The van der Waals surface area contributed by atoms with E-state index in [0.717, 1.165) is 18.7 Å². The van der Waals surface area contributed by atoms with Gasteiger partial charge in [0.2, 0.25) is 11.5 Å². The van der Waals surface area contributed by atoms with E-state index in [-0.39, 0.29) is 17.4 Å². The SMILES string of the molecule is CC(C)c1nccn1CCC(=O)N1CCC(c2noc(-c3ccc(=O)[nH]c3)n2)CC1. The van der Waals surface area contributed by atoms with Gasteiger partial charge >= 0.3 is 0 Å². The number of nitrogens with one attached hydrogen (secondary N) is 1. The van der Waals surface area contributed by atoms with Gasteiger partial charge in [-0.05, 0) is 18.9 Å². The minimum Gasteiger partial charge on any atom is -0.343 e. The monoisotopic (exact) mass is 410 g/mol. The van der Waals surface area contributed by atoms with Crippen LogP contribution in [0.25, 0.3) is 11.5 Å². The van der Waals surface area contributed by atoms with Gasteiger partial charge in [-0.15, -0.1) is 0 Å². The van der Waals surface area contributed by atoms with Gasteiger partial charge in [0.25, 0.3) is 5.89 Å². The van der Waals surface area contributed by atoms with Crippen LogP contribution in [0.5, 0.6) is 0 Å². The molecule has 4 heterocycles. The molecule has 3 aromatic heterocycles. The predicted octanol–water partition coefficient (Wildman–Crippen LogP) is 2.54. The summed E-state index contributed by atoms with van der Waals surface area (Å²) in [6.45, 7) is 6.23. The maximum atomic E-state index is 12.6. The van der Waals surface area contributed by atoms with E-state index < -0.39 is 0 Å². The number of imidazole rings is 1. The van der Waals surface area contributed by atoms with Crippen molar-refractivity contribution in [2.24, 2.45) is 0 Å². The number of amides is 1. The summed E-state index contributed by atoms with van der Waals surface area (Å²) in [6.07, 6.45) is 7.37. The topological polar surface area (TPSA) is 110 Å². The van der Waals surface area contributed by atoms with E-state index in [4.69, 9.17) is 4.52 Å². The summed E-state index contributed by atoms with van der Waals surface area (Å²) in [4.78, 5) is 37.2. The van der Waals surface area contributed by atoms with Crippen LogP contribution >= 0.6 is 0 Å². The highest BCUT2D eigenvalue weighted by atomic mass is 16.5. The molecular weight excluding hydrogens is 384 g/mol. The number of rotatable bonds is 6. The first-order valence-electron chi connectivity index (χ1n) is 10.3. The lowest BCUT2D eigenvalue weighted by Crippen LogP contribution is -2.38. The van der Waals surface area contributed by atoms with Crippen LogP contribution in [-0.4, -0.2) is 48.6 Å². The Morgan fingerprint density at radius 2 is 2.10 bits per heavy atom. The molecule has 0 bridgehead atoms. The molecule has 9 heteroatoms. The van der Waals surface area contributed by atoms with E-state index in [0.29, 0.717) is 49.3 Å². The first kappa shape index (κ1) is 20.1. The molecule has 1 saturated heterocycles. The third kappa shape index (κ3) is 4.34. The number of carbonyl (C=O) groups excluding carboxylic acids is 1. The minimum atomic E-state index is -0.177. The lowest BCUT2D eigenvalue weighted by molar-refractivity contribution is -0.132. The second-order valence-corrected chi connectivity index (χ2v) is 7.94. The molecule has 0 radical (unpaired) electrons. The third-order valence-electron chi connectivity index (χ3n) is 5.52. The summed E-state index contributed by atoms with van der Waals surface area (Å²) in [5, 5.41) is 4.11. The van der Waals surface area contributed by atoms with Crippen molar-refractivity contribution >= 4 is 5.91 Å². The van der Waals surface area contributed by atoms with Gasteiger partial charge in [0.1, 0.15) is 5.82 Å². The van der Waals surface area contributed by atoms with E-state index in [9.17, 15) is 9.59 Å².